The fourth-order valence-corrected chi connectivity index (χ4v) is 2.00. The SMILES string of the molecule is ClC(Cl)=CC(C=C(Cl)Cl)c1ccc(Br)cc1. The first-order chi connectivity index (χ1) is 7.49. The van der Waals surface area contributed by atoms with Gasteiger partial charge in [0.15, 0.2) is 0 Å². The van der Waals surface area contributed by atoms with E-state index in [2.05, 4.69) is 15.9 Å². The summed E-state index contributed by atoms with van der Waals surface area (Å²) >= 11 is 25.9. The Labute approximate surface area is 123 Å². The third kappa shape index (κ3) is 5.11. The van der Waals surface area contributed by atoms with Crippen LogP contribution in [0.2, 0.25) is 0 Å². The van der Waals surface area contributed by atoms with E-state index in [-0.39, 0.29) is 14.9 Å². The van der Waals surface area contributed by atoms with E-state index < -0.39 is 0 Å². The molecular weight excluding hydrogens is 354 g/mol. The summed E-state index contributed by atoms with van der Waals surface area (Å²) in [5, 5.41) is 0. The topological polar surface area (TPSA) is 0 Å². The van der Waals surface area contributed by atoms with Gasteiger partial charge in [0.2, 0.25) is 0 Å². The largest absolute Gasteiger partial charge is 0.103 e. The molecule has 0 saturated heterocycles. The lowest BCUT2D eigenvalue weighted by atomic mass is 10.00. The van der Waals surface area contributed by atoms with E-state index in [4.69, 9.17) is 46.4 Å². The number of rotatable bonds is 3. The monoisotopic (exact) mass is 358 g/mol. The number of hydrogen-bond donors (Lipinski definition) is 0. The molecule has 0 bridgehead atoms. The second-order valence-corrected chi connectivity index (χ2v) is 5.92. The van der Waals surface area contributed by atoms with Gasteiger partial charge in [-0.1, -0.05) is 74.5 Å². The van der Waals surface area contributed by atoms with Crippen LogP contribution in [0.3, 0.4) is 0 Å². The first-order valence-corrected chi connectivity index (χ1v) is 6.60. The molecule has 0 saturated carbocycles. The molecule has 0 heterocycles. The quantitative estimate of drug-likeness (QED) is 0.604. The molecule has 0 aliphatic carbocycles. The normalized spacial score (nSPS) is 10.1. The van der Waals surface area contributed by atoms with Gasteiger partial charge in [-0.05, 0) is 29.8 Å². The molecule has 1 aromatic carbocycles. The molecule has 0 nitrogen and oxygen atoms in total. The average molecular weight is 361 g/mol. The molecule has 0 radical (unpaired) electrons. The van der Waals surface area contributed by atoms with E-state index in [0.717, 1.165) is 10.0 Å². The van der Waals surface area contributed by atoms with E-state index >= 15 is 0 Å². The van der Waals surface area contributed by atoms with Gasteiger partial charge in [-0.2, -0.15) is 0 Å². The molecule has 1 aromatic rings. The molecule has 0 aliphatic heterocycles. The van der Waals surface area contributed by atoms with E-state index in [1.807, 2.05) is 24.3 Å². The van der Waals surface area contributed by atoms with Crippen LogP contribution in [0, 0.1) is 0 Å². The van der Waals surface area contributed by atoms with Crippen molar-refractivity contribution >= 4 is 62.3 Å². The zero-order valence-electron chi connectivity index (χ0n) is 7.93. The highest BCUT2D eigenvalue weighted by Gasteiger charge is 2.07. The third-order valence-electron chi connectivity index (χ3n) is 1.87. The molecule has 1 rings (SSSR count). The number of halogens is 5. The smallest absolute Gasteiger partial charge is 0.0712 e. The summed E-state index contributed by atoms with van der Waals surface area (Å²) in [7, 11) is 0. The van der Waals surface area contributed by atoms with Crippen LogP contribution >= 0.6 is 62.3 Å². The van der Waals surface area contributed by atoms with Crippen LogP contribution in [0.1, 0.15) is 11.5 Å². The van der Waals surface area contributed by atoms with Crippen LogP contribution in [-0.4, -0.2) is 0 Å². The van der Waals surface area contributed by atoms with Crippen molar-refractivity contribution in [2.24, 2.45) is 0 Å². The first kappa shape index (κ1) is 14.4. The minimum atomic E-state index is -0.136. The van der Waals surface area contributed by atoms with E-state index in [1.54, 1.807) is 12.2 Å². The first-order valence-electron chi connectivity index (χ1n) is 4.30. The summed E-state index contributed by atoms with van der Waals surface area (Å²) in [4.78, 5) is 0. The van der Waals surface area contributed by atoms with Crippen molar-refractivity contribution in [3.05, 3.63) is 55.4 Å². The van der Waals surface area contributed by atoms with E-state index in [9.17, 15) is 0 Å². The lowest BCUT2D eigenvalue weighted by Gasteiger charge is -2.08. The standard InChI is InChI=1S/C11H7BrCl4/c12-9-3-1-7(2-4-9)8(5-10(13)14)6-11(15)16/h1-6,8H. The lowest BCUT2D eigenvalue weighted by molar-refractivity contribution is 1.08. The second kappa shape index (κ2) is 6.93. The maximum Gasteiger partial charge on any atom is 0.103 e. The molecule has 0 fully saturated rings. The van der Waals surface area contributed by atoms with Crippen LogP contribution in [0.15, 0.2) is 49.9 Å². The van der Waals surface area contributed by atoms with Gasteiger partial charge in [-0.25, -0.2) is 0 Å². The maximum absolute atomic E-state index is 5.64. The highest BCUT2D eigenvalue weighted by molar-refractivity contribution is 9.10. The fraction of sp³-hybridized carbons (Fsp3) is 0.0909. The van der Waals surface area contributed by atoms with Gasteiger partial charge in [-0.3, -0.25) is 0 Å². The van der Waals surface area contributed by atoms with E-state index in [0.29, 0.717) is 0 Å². The van der Waals surface area contributed by atoms with Gasteiger partial charge in [0.05, 0.1) is 0 Å². The molecular formula is C11H7BrCl4. The Morgan fingerprint density at radius 2 is 1.38 bits per heavy atom. The number of benzene rings is 1. The Hall–Kier alpha value is 0.340. The van der Waals surface area contributed by atoms with Crippen molar-refractivity contribution in [1.82, 2.24) is 0 Å². The second-order valence-electron chi connectivity index (χ2n) is 2.99. The minimum absolute atomic E-state index is 0.136. The Balaban J connectivity index is 3.06. The van der Waals surface area contributed by atoms with Crippen LogP contribution in [-0.2, 0) is 0 Å². The minimum Gasteiger partial charge on any atom is -0.0712 e. The Bertz CT molecular complexity index is 382. The van der Waals surface area contributed by atoms with Crippen LogP contribution in [0.4, 0.5) is 0 Å². The molecule has 16 heavy (non-hydrogen) atoms. The summed E-state index contributed by atoms with van der Waals surface area (Å²) in [5.74, 6) is -0.136. The van der Waals surface area contributed by atoms with Crippen LogP contribution < -0.4 is 0 Å². The van der Waals surface area contributed by atoms with Crippen molar-refractivity contribution in [2.45, 2.75) is 5.92 Å². The van der Waals surface area contributed by atoms with Crippen molar-refractivity contribution in [3.63, 3.8) is 0 Å². The predicted octanol–water partition coefficient (Wildman–Crippen LogP) is 6.17. The van der Waals surface area contributed by atoms with Gasteiger partial charge in [0, 0.05) is 10.4 Å². The highest BCUT2D eigenvalue weighted by atomic mass is 79.9. The molecule has 0 N–H and O–H groups in total. The summed E-state index contributed by atoms with van der Waals surface area (Å²) in [6.07, 6.45) is 3.33. The molecule has 0 atom stereocenters. The maximum atomic E-state index is 5.64. The Kier molecular flexibility index (Phi) is 6.23. The summed E-state index contributed by atoms with van der Waals surface area (Å²) in [6.45, 7) is 0. The molecule has 86 valence electrons. The summed E-state index contributed by atoms with van der Waals surface area (Å²) in [5.41, 5.74) is 1.00. The Morgan fingerprint density at radius 1 is 0.938 bits per heavy atom. The van der Waals surface area contributed by atoms with Crippen molar-refractivity contribution in [2.75, 3.05) is 0 Å². The van der Waals surface area contributed by atoms with Crippen molar-refractivity contribution < 1.29 is 0 Å². The summed E-state index contributed by atoms with van der Waals surface area (Å²) in [6, 6.07) is 7.73. The van der Waals surface area contributed by atoms with Gasteiger partial charge < -0.3 is 0 Å². The average Bonchev–Trinajstić information content (AvgIpc) is 2.16. The van der Waals surface area contributed by atoms with Gasteiger partial charge in [0.25, 0.3) is 0 Å². The number of hydrogen-bond acceptors (Lipinski definition) is 0. The zero-order chi connectivity index (χ0) is 12.1. The predicted molar refractivity (Wildman–Crippen MR) is 76.5 cm³/mol. The van der Waals surface area contributed by atoms with Crippen molar-refractivity contribution in [3.8, 4) is 0 Å². The van der Waals surface area contributed by atoms with Crippen LogP contribution in [0.25, 0.3) is 0 Å². The fourth-order valence-electron chi connectivity index (χ4n) is 1.20. The van der Waals surface area contributed by atoms with Gasteiger partial charge in [-0.15, -0.1) is 0 Å². The molecule has 0 unspecified atom stereocenters. The summed E-state index contributed by atoms with van der Waals surface area (Å²) < 4.78 is 1.36. The molecule has 5 heteroatoms. The highest BCUT2D eigenvalue weighted by Crippen LogP contribution is 2.27. The molecule has 0 amide bonds. The third-order valence-corrected chi connectivity index (χ3v) is 2.90. The van der Waals surface area contributed by atoms with Crippen molar-refractivity contribution in [1.29, 1.82) is 0 Å². The van der Waals surface area contributed by atoms with Gasteiger partial charge in [0.1, 0.15) is 8.98 Å². The molecule has 0 aromatic heterocycles. The van der Waals surface area contributed by atoms with E-state index in [1.165, 1.54) is 0 Å². The Morgan fingerprint density at radius 3 is 1.75 bits per heavy atom. The molecule has 0 aliphatic rings. The van der Waals surface area contributed by atoms with Crippen LogP contribution in [0.5, 0.6) is 0 Å². The zero-order valence-corrected chi connectivity index (χ0v) is 12.5. The molecule has 0 spiro atoms. The number of allylic oxidation sites excluding steroid dienone is 2. The van der Waals surface area contributed by atoms with Gasteiger partial charge >= 0.3 is 0 Å². The lowest BCUT2D eigenvalue weighted by Crippen LogP contribution is -1.91.